The number of aromatic nitrogens is 3. The average Bonchev–Trinajstić information content (AvgIpc) is 3.15. The van der Waals surface area contributed by atoms with Crippen LogP contribution in [0.15, 0.2) is 58.1 Å². The van der Waals surface area contributed by atoms with Crippen LogP contribution in [0.2, 0.25) is 0 Å². The molecular weight excluding hydrogens is 408 g/mol. The number of H-pyrrole nitrogens is 2. The fourth-order valence-electron chi connectivity index (χ4n) is 4.61. The Bertz CT molecular complexity index is 1410. The van der Waals surface area contributed by atoms with Gasteiger partial charge in [-0.2, -0.15) is 0 Å². The van der Waals surface area contributed by atoms with E-state index in [0.717, 1.165) is 33.1 Å². The number of hydrogen-bond acceptors (Lipinski definition) is 5. The summed E-state index contributed by atoms with van der Waals surface area (Å²) in [6.07, 6.45) is 0.823. The third kappa shape index (κ3) is 3.11. The van der Waals surface area contributed by atoms with Gasteiger partial charge in [0.25, 0.3) is 5.56 Å². The lowest BCUT2D eigenvalue weighted by molar-refractivity contribution is 0.251. The van der Waals surface area contributed by atoms with Crippen LogP contribution in [0.4, 0.5) is 0 Å². The van der Waals surface area contributed by atoms with E-state index >= 15 is 0 Å². The molecule has 3 N–H and O–H groups in total. The topological polar surface area (TPSA) is 103 Å². The van der Waals surface area contributed by atoms with Gasteiger partial charge in [0.2, 0.25) is 5.88 Å². The molecule has 8 heteroatoms. The van der Waals surface area contributed by atoms with Gasteiger partial charge in [0, 0.05) is 23.1 Å². The Labute approximate surface area is 183 Å². The molecule has 1 aliphatic heterocycles. The van der Waals surface area contributed by atoms with Crippen molar-refractivity contribution in [2.75, 3.05) is 20.2 Å². The summed E-state index contributed by atoms with van der Waals surface area (Å²) >= 11 is 0. The van der Waals surface area contributed by atoms with Gasteiger partial charge in [-0.3, -0.25) is 14.7 Å². The van der Waals surface area contributed by atoms with Crippen molar-refractivity contribution in [2.45, 2.75) is 19.4 Å². The number of nitrogens with zero attached hydrogens (tertiary/aromatic N) is 2. The second kappa shape index (κ2) is 7.72. The monoisotopic (exact) mass is 432 g/mol. The van der Waals surface area contributed by atoms with Crippen molar-refractivity contribution in [1.29, 1.82) is 0 Å². The molecule has 0 saturated heterocycles. The fourth-order valence-corrected chi connectivity index (χ4v) is 4.61. The summed E-state index contributed by atoms with van der Waals surface area (Å²) in [5, 5.41) is 12.3. The number of benzene rings is 2. The van der Waals surface area contributed by atoms with E-state index in [-0.39, 0.29) is 11.4 Å². The maximum atomic E-state index is 13.0. The van der Waals surface area contributed by atoms with Gasteiger partial charge in [0.05, 0.1) is 18.3 Å². The third-order valence-electron chi connectivity index (χ3n) is 6.08. The van der Waals surface area contributed by atoms with Crippen LogP contribution in [-0.4, -0.2) is 44.7 Å². The molecule has 1 aliphatic rings. The summed E-state index contributed by atoms with van der Waals surface area (Å²) in [5.74, 6) is 0.287. The Kier molecular flexibility index (Phi) is 4.86. The molecule has 8 nitrogen and oxygen atoms in total. The van der Waals surface area contributed by atoms with E-state index in [0.29, 0.717) is 24.6 Å². The summed E-state index contributed by atoms with van der Waals surface area (Å²) in [6, 6.07) is 14.3. The van der Waals surface area contributed by atoms with Crippen molar-refractivity contribution in [2.24, 2.45) is 0 Å². The summed E-state index contributed by atoms with van der Waals surface area (Å²) in [7, 11) is 1.91. The zero-order valence-electron chi connectivity index (χ0n) is 17.9. The minimum atomic E-state index is -0.698. The van der Waals surface area contributed by atoms with Crippen molar-refractivity contribution in [3.63, 3.8) is 0 Å². The first-order valence-corrected chi connectivity index (χ1v) is 10.6. The van der Waals surface area contributed by atoms with Crippen molar-refractivity contribution in [1.82, 2.24) is 19.4 Å². The molecule has 0 bridgehead atoms. The predicted octanol–water partition coefficient (Wildman–Crippen LogP) is 2.69. The Hall–Kier alpha value is -3.78. The number of likely N-dealkylation sites (N-methyl/N-ethyl adjacent to an activating group) is 1. The zero-order valence-corrected chi connectivity index (χ0v) is 17.9. The van der Waals surface area contributed by atoms with E-state index in [1.165, 1.54) is 0 Å². The van der Waals surface area contributed by atoms with Gasteiger partial charge in [-0.1, -0.05) is 18.2 Å². The Morgan fingerprint density at radius 1 is 1.09 bits per heavy atom. The summed E-state index contributed by atoms with van der Waals surface area (Å²) in [5.41, 5.74) is 2.23. The molecule has 1 unspecified atom stereocenters. The molecule has 164 valence electrons. The van der Waals surface area contributed by atoms with Crippen LogP contribution in [-0.2, 0) is 6.42 Å². The van der Waals surface area contributed by atoms with Gasteiger partial charge >= 0.3 is 5.69 Å². The minimum Gasteiger partial charge on any atom is -0.494 e. The second-order valence-electron chi connectivity index (χ2n) is 7.95. The summed E-state index contributed by atoms with van der Waals surface area (Å²) in [6.45, 7) is 3.12. The Balaban J connectivity index is 1.70. The normalized spacial score (nSPS) is 16.2. The average molecular weight is 432 g/mol. The molecular formula is C24H24N4O4. The molecule has 0 radical (unpaired) electrons. The van der Waals surface area contributed by atoms with Crippen LogP contribution in [0.5, 0.6) is 11.6 Å². The summed E-state index contributed by atoms with van der Waals surface area (Å²) in [4.78, 5) is 33.5. The van der Waals surface area contributed by atoms with E-state index in [4.69, 9.17) is 4.74 Å². The van der Waals surface area contributed by atoms with E-state index in [1.54, 1.807) is 24.3 Å². The smallest absolute Gasteiger partial charge is 0.335 e. The molecule has 3 heterocycles. The molecule has 5 rings (SSSR count). The molecule has 2 aromatic heterocycles. The molecule has 4 aromatic rings. The lowest BCUT2D eigenvalue weighted by Crippen LogP contribution is -2.39. The van der Waals surface area contributed by atoms with Crippen LogP contribution in [0.3, 0.4) is 0 Å². The minimum absolute atomic E-state index is 0.133. The van der Waals surface area contributed by atoms with Crippen LogP contribution < -0.4 is 16.0 Å². The first-order valence-electron chi connectivity index (χ1n) is 10.6. The lowest BCUT2D eigenvalue weighted by atomic mass is 9.94. The van der Waals surface area contributed by atoms with Crippen LogP contribution >= 0.6 is 0 Å². The van der Waals surface area contributed by atoms with Gasteiger partial charge in [0.15, 0.2) is 0 Å². The first-order chi connectivity index (χ1) is 15.5. The largest absolute Gasteiger partial charge is 0.494 e. The number of para-hydroxylation sites is 1. The number of hydrogen-bond donors (Lipinski definition) is 3. The Morgan fingerprint density at radius 3 is 2.59 bits per heavy atom. The zero-order chi connectivity index (χ0) is 22.4. The highest BCUT2D eigenvalue weighted by Gasteiger charge is 2.34. The molecule has 0 fully saturated rings. The molecule has 1 atom stereocenters. The Morgan fingerprint density at radius 2 is 1.84 bits per heavy atom. The molecule has 32 heavy (non-hydrogen) atoms. The van der Waals surface area contributed by atoms with Gasteiger partial charge in [0.1, 0.15) is 11.3 Å². The number of aromatic amines is 2. The van der Waals surface area contributed by atoms with Crippen LogP contribution in [0.1, 0.15) is 29.8 Å². The van der Waals surface area contributed by atoms with E-state index in [2.05, 4.69) is 16.0 Å². The molecule has 0 saturated carbocycles. The summed E-state index contributed by atoms with van der Waals surface area (Å²) < 4.78 is 6.58. The maximum absolute atomic E-state index is 13.0. The molecule has 2 aromatic carbocycles. The highest BCUT2D eigenvalue weighted by Crippen LogP contribution is 2.39. The highest BCUT2D eigenvalue weighted by atomic mass is 16.5. The first kappa shape index (κ1) is 20.1. The molecule has 0 aliphatic carbocycles. The van der Waals surface area contributed by atoms with Crippen molar-refractivity contribution < 1.29 is 9.84 Å². The number of rotatable bonds is 4. The number of ether oxygens (including phenoxy) is 1. The second-order valence-corrected chi connectivity index (χ2v) is 7.95. The van der Waals surface area contributed by atoms with Crippen molar-refractivity contribution >= 4 is 10.9 Å². The SMILES string of the molecule is CCOc1ccc(-n2c(O)c(C3c4[nH]c5ccccc5c4CCN3C)c(=O)[nH]c2=O)cc1. The predicted molar refractivity (Wildman–Crippen MR) is 122 cm³/mol. The van der Waals surface area contributed by atoms with Gasteiger partial charge < -0.3 is 14.8 Å². The van der Waals surface area contributed by atoms with Crippen molar-refractivity contribution in [3.8, 4) is 17.3 Å². The number of aromatic hydroxyl groups is 1. The number of nitrogens with one attached hydrogen (secondary N) is 2. The van der Waals surface area contributed by atoms with Crippen LogP contribution in [0, 0.1) is 0 Å². The fraction of sp³-hybridized carbons (Fsp3) is 0.250. The highest BCUT2D eigenvalue weighted by molar-refractivity contribution is 5.85. The maximum Gasteiger partial charge on any atom is 0.335 e. The lowest BCUT2D eigenvalue weighted by Gasteiger charge is -2.33. The van der Waals surface area contributed by atoms with Crippen LogP contribution in [0.25, 0.3) is 16.6 Å². The van der Waals surface area contributed by atoms with Gasteiger partial charge in [-0.25, -0.2) is 9.36 Å². The molecule has 0 spiro atoms. The quantitative estimate of drug-likeness (QED) is 0.460. The van der Waals surface area contributed by atoms with E-state index in [9.17, 15) is 14.7 Å². The number of fused-ring (bicyclic) bond motifs is 3. The standard InChI is InChI=1S/C24H24N4O4/c1-3-32-15-10-8-14(9-11-15)28-23(30)19(22(29)26-24(28)31)21-20-17(12-13-27(21)2)16-6-4-5-7-18(16)25-20/h4-11,21,25,30H,3,12-13H2,1-2H3,(H,26,29,31). The van der Waals surface area contributed by atoms with E-state index in [1.807, 2.05) is 37.1 Å². The van der Waals surface area contributed by atoms with E-state index < -0.39 is 17.3 Å². The third-order valence-corrected chi connectivity index (χ3v) is 6.08. The van der Waals surface area contributed by atoms with Crippen molar-refractivity contribution in [3.05, 3.63) is 86.2 Å². The molecule has 0 amide bonds. The van der Waals surface area contributed by atoms with Gasteiger partial charge in [-0.15, -0.1) is 0 Å². The van der Waals surface area contributed by atoms with Gasteiger partial charge in [-0.05, 0) is 56.3 Å².